The van der Waals surface area contributed by atoms with Gasteiger partial charge in [-0.1, -0.05) is 46.0 Å². The molecule has 2 atom stereocenters. The minimum absolute atomic E-state index is 0.108. The van der Waals surface area contributed by atoms with Crippen molar-refractivity contribution < 1.29 is 9.47 Å². The van der Waals surface area contributed by atoms with Crippen LogP contribution in [-0.4, -0.2) is 19.0 Å². The molecule has 0 aromatic carbocycles. The van der Waals surface area contributed by atoms with Crippen LogP contribution in [0.1, 0.15) is 84.5 Å². The number of rotatable bonds is 7. The summed E-state index contributed by atoms with van der Waals surface area (Å²) in [5, 5.41) is 0. The van der Waals surface area contributed by atoms with Gasteiger partial charge in [-0.25, -0.2) is 0 Å². The molecule has 0 aromatic rings. The summed E-state index contributed by atoms with van der Waals surface area (Å²) >= 11 is 0. The van der Waals surface area contributed by atoms with Crippen LogP contribution in [0.3, 0.4) is 0 Å². The molecular formula is C18H34O2. The van der Waals surface area contributed by atoms with E-state index in [0.717, 1.165) is 18.9 Å². The van der Waals surface area contributed by atoms with Gasteiger partial charge in [-0.15, -0.1) is 0 Å². The van der Waals surface area contributed by atoms with Crippen LogP contribution < -0.4 is 0 Å². The molecule has 1 saturated heterocycles. The SMILES string of the molecule is CCCCC[C@H]1CC[C@@H]([C@@H]2OCC[C@@H](CCC)O2)CC1. The standard InChI is InChI=1S/C18H34O2/c1-3-5-6-8-15-9-11-16(12-10-15)18-19-14-13-17(20-18)7-4-2/h15-18H,3-14H2,1-2H3/t15-,16+,17-,18-/m1/s1. The highest BCUT2D eigenvalue weighted by molar-refractivity contribution is 4.77. The Hall–Kier alpha value is -0.0800. The summed E-state index contributed by atoms with van der Waals surface area (Å²) in [4.78, 5) is 0. The van der Waals surface area contributed by atoms with E-state index >= 15 is 0 Å². The van der Waals surface area contributed by atoms with Crippen molar-refractivity contribution in [2.75, 3.05) is 6.61 Å². The van der Waals surface area contributed by atoms with Crippen molar-refractivity contribution in [3.05, 3.63) is 0 Å². The van der Waals surface area contributed by atoms with E-state index in [9.17, 15) is 0 Å². The summed E-state index contributed by atoms with van der Waals surface area (Å²) in [5.74, 6) is 1.64. The van der Waals surface area contributed by atoms with Gasteiger partial charge in [0.05, 0.1) is 12.7 Å². The van der Waals surface area contributed by atoms with Gasteiger partial charge < -0.3 is 9.47 Å². The number of hydrogen-bond donors (Lipinski definition) is 0. The van der Waals surface area contributed by atoms with E-state index in [1.54, 1.807) is 0 Å². The first-order valence-electron chi connectivity index (χ1n) is 9.10. The van der Waals surface area contributed by atoms with Crippen LogP contribution in [-0.2, 0) is 9.47 Å². The molecule has 1 aliphatic heterocycles. The number of hydrogen-bond acceptors (Lipinski definition) is 2. The van der Waals surface area contributed by atoms with Crippen LogP contribution in [0.5, 0.6) is 0 Å². The molecular weight excluding hydrogens is 248 g/mol. The predicted octanol–water partition coefficient (Wildman–Crippen LogP) is 5.30. The quantitative estimate of drug-likeness (QED) is 0.589. The third kappa shape index (κ3) is 5.04. The lowest BCUT2D eigenvalue weighted by Gasteiger charge is -2.38. The normalized spacial score (nSPS) is 35.1. The minimum Gasteiger partial charge on any atom is -0.352 e. The lowest BCUT2D eigenvalue weighted by atomic mass is 9.79. The van der Waals surface area contributed by atoms with Crippen molar-refractivity contribution in [1.82, 2.24) is 0 Å². The Morgan fingerprint density at radius 3 is 2.35 bits per heavy atom. The van der Waals surface area contributed by atoms with Crippen LogP contribution in [0.4, 0.5) is 0 Å². The zero-order valence-corrected chi connectivity index (χ0v) is 13.6. The first-order chi connectivity index (χ1) is 9.83. The van der Waals surface area contributed by atoms with Crippen LogP contribution in [0, 0.1) is 11.8 Å². The van der Waals surface area contributed by atoms with E-state index in [-0.39, 0.29) is 6.29 Å². The summed E-state index contributed by atoms with van der Waals surface area (Å²) in [6.07, 6.45) is 15.2. The summed E-state index contributed by atoms with van der Waals surface area (Å²) in [6, 6.07) is 0. The molecule has 0 N–H and O–H groups in total. The third-order valence-corrected chi connectivity index (χ3v) is 5.15. The topological polar surface area (TPSA) is 18.5 Å². The zero-order chi connectivity index (χ0) is 14.2. The molecule has 1 saturated carbocycles. The molecule has 2 nitrogen and oxygen atoms in total. The highest BCUT2D eigenvalue weighted by Crippen LogP contribution is 2.36. The van der Waals surface area contributed by atoms with Gasteiger partial charge in [0.15, 0.2) is 6.29 Å². The Kier molecular flexibility index (Phi) is 7.37. The van der Waals surface area contributed by atoms with Gasteiger partial charge in [0, 0.05) is 5.92 Å². The average molecular weight is 282 g/mol. The molecule has 2 heteroatoms. The molecule has 0 spiro atoms. The van der Waals surface area contributed by atoms with Crippen LogP contribution in [0.25, 0.3) is 0 Å². The maximum atomic E-state index is 6.18. The molecule has 0 aromatic heterocycles. The molecule has 0 bridgehead atoms. The van der Waals surface area contributed by atoms with Gasteiger partial charge in [0.1, 0.15) is 0 Å². The van der Waals surface area contributed by atoms with Gasteiger partial charge in [0.25, 0.3) is 0 Å². The second kappa shape index (κ2) is 9.04. The van der Waals surface area contributed by atoms with E-state index in [2.05, 4.69) is 13.8 Å². The van der Waals surface area contributed by atoms with E-state index in [1.807, 2.05) is 0 Å². The Morgan fingerprint density at radius 1 is 0.850 bits per heavy atom. The number of unbranched alkanes of at least 4 members (excludes halogenated alkanes) is 2. The number of ether oxygens (including phenoxy) is 2. The zero-order valence-electron chi connectivity index (χ0n) is 13.6. The highest BCUT2D eigenvalue weighted by atomic mass is 16.7. The fraction of sp³-hybridized carbons (Fsp3) is 1.00. The second-order valence-electron chi connectivity index (χ2n) is 6.85. The molecule has 0 radical (unpaired) electrons. The molecule has 118 valence electrons. The van der Waals surface area contributed by atoms with Crippen LogP contribution in [0.2, 0.25) is 0 Å². The van der Waals surface area contributed by atoms with E-state index in [1.165, 1.54) is 64.2 Å². The predicted molar refractivity (Wildman–Crippen MR) is 83.7 cm³/mol. The Labute approximate surface area is 125 Å². The largest absolute Gasteiger partial charge is 0.352 e. The molecule has 2 aliphatic rings. The lowest BCUT2D eigenvalue weighted by molar-refractivity contribution is -0.241. The first kappa shape index (κ1) is 16.3. The summed E-state index contributed by atoms with van der Waals surface area (Å²) in [7, 11) is 0. The fourth-order valence-electron chi connectivity index (χ4n) is 3.83. The maximum Gasteiger partial charge on any atom is 0.160 e. The Balaban J connectivity index is 1.67. The lowest BCUT2D eigenvalue weighted by Crippen LogP contribution is -2.38. The molecule has 1 heterocycles. The summed E-state index contributed by atoms with van der Waals surface area (Å²) in [6.45, 7) is 5.45. The van der Waals surface area contributed by atoms with Crippen LogP contribution in [0.15, 0.2) is 0 Å². The molecule has 0 unspecified atom stereocenters. The Bertz CT molecular complexity index is 244. The smallest absolute Gasteiger partial charge is 0.160 e. The summed E-state index contributed by atoms with van der Waals surface area (Å²) < 4.78 is 12.1. The molecule has 2 rings (SSSR count). The van der Waals surface area contributed by atoms with Crippen LogP contribution >= 0.6 is 0 Å². The molecule has 1 aliphatic carbocycles. The van der Waals surface area contributed by atoms with E-state index < -0.39 is 0 Å². The van der Waals surface area contributed by atoms with Gasteiger partial charge in [-0.3, -0.25) is 0 Å². The van der Waals surface area contributed by atoms with Gasteiger partial charge in [-0.05, 0) is 44.4 Å². The van der Waals surface area contributed by atoms with Gasteiger partial charge in [-0.2, -0.15) is 0 Å². The van der Waals surface area contributed by atoms with Crippen molar-refractivity contribution in [3.63, 3.8) is 0 Å². The average Bonchev–Trinajstić information content (AvgIpc) is 2.49. The second-order valence-corrected chi connectivity index (χ2v) is 6.85. The molecule has 20 heavy (non-hydrogen) atoms. The van der Waals surface area contributed by atoms with Crippen molar-refractivity contribution in [3.8, 4) is 0 Å². The molecule has 2 fully saturated rings. The van der Waals surface area contributed by atoms with E-state index in [0.29, 0.717) is 12.0 Å². The summed E-state index contributed by atoms with van der Waals surface area (Å²) in [5.41, 5.74) is 0. The van der Waals surface area contributed by atoms with E-state index in [4.69, 9.17) is 9.47 Å². The minimum atomic E-state index is 0.108. The highest BCUT2D eigenvalue weighted by Gasteiger charge is 2.32. The van der Waals surface area contributed by atoms with Crippen molar-refractivity contribution in [2.45, 2.75) is 96.9 Å². The molecule has 0 amide bonds. The van der Waals surface area contributed by atoms with Gasteiger partial charge in [0.2, 0.25) is 0 Å². The van der Waals surface area contributed by atoms with Crippen molar-refractivity contribution in [2.24, 2.45) is 11.8 Å². The first-order valence-corrected chi connectivity index (χ1v) is 9.10. The van der Waals surface area contributed by atoms with Gasteiger partial charge >= 0.3 is 0 Å². The fourth-order valence-corrected chi connectivity index (χ4v) is 3.83. The third-order valence-electron chi connectivity index (χ3n) is 5.15. The van der Waals surface area contributed by atoms with Crippen molar-refractivity contribution in [1.29, 1.82) is 0 Å². The maximum absolute atomic E-state index is 6.18. The Morgan fingerprint density at radius 2 is 1.65 bits per heavy atom. The van der Waals surface area contributed by atoms with Crippen molar-refractivity contribution >= 4 is 0 Å². The monoisotopic (exact) mass is 282 g/mol.